The van der Waals surface area contributed by atoms with E-state index < -0.39 is 11.6 Å². The molecule has 1 N–H and O–H groups in total. The van der Waals surface area contributed by atoms with E-state index in [0.29, 0.717) is 17.0 Å². The van der Waals surface area contributed by atoms with Gasteiger partial charge in [0.15, 0.2) is 0 Å². The summed E-state index contributed by atoms with van der Waals surface area (Å²) in [6.07, 6.45) is 1.96. The van der Waals surface area contributed by atoms with E-state index in [0.717, 1.165) is 18.3 Å². The summed E-state index contributed by atoms with van der Waals surface area (Å²) in [6, 6.07) is 7.03. The number of benzene rings is 1. The van der Waals surface area contributed by atoms with Gasteiger partial charge in [-0.25, -0.2) is 8.78 Å². The molecule has 0 fully saturated rings. The highest BCUT2D eigenvalue weighted by Gasteiger charge is 2.15. The fourth-order valence-corrected chi connectivity index (χ4v) is 2.14. The minimum atomic E-state index is -0.573. The van der Waals surface area contributed by atoms with E-state index in [1.807, 2.05) is 6.92 Å². The van der Waals surface area contributed by atoms with Crippen molar-refractivity contribution in [1.29, 1.82) is 0 Å². The van der Waals surface area contributed by atoms with E-state index in [4.69, 9.17) is 11.6 Å². The molecule has 20 heavy (non-hydrogen) atoms. The quantitative estimate of drug-likeness (QED) is 0.905. The number of hydrogen-bond donors (Lipinski definition) is 1. The molecule has 1 unspecified atom stereocenters. The molecule has 2 rings (SSSR count). The van der Waals surface area contributed by atoms with Crippen molar-refractivity contribution in [2.45, 2.75) is 19.4 Å². The lowest BCUT2D eigenvalue weighted by Gasteiger charge is -2.18. The summed E-state index contributed by atoms with van der Waals surface area (Å²) in [4.78, 5) is 4.25. The third-order valence-corrected chi connectivity index (χ3v) is 3.22. The lowest BCUT2D eigenvalue weighted by molar-refractivity contribution is 0.512. The van der Waals surface area contributed by atoms with Gasteiger partial charge in [0.1, 0.15) is 11.6 Å². The second kappa shape index (κ2) is 6.77. The lowest BCUT2D eigenvalue weighted by Crippen LogP contribution is -2.24. The average Bonchev–Trinajstić information content (AvgIpc) is 2.42. The van der Waals surface area contributed by atoms with Gasteiger partial charge in [-0.05, 0) is 36.7 Å². The van der Waals surface area contributed by atoms with E-state index in [1.165, 1.54) is 12.1 Å². The van der Waals surface area contributed by atoms with Gasteiger partial charge in [0.2, 0.25) is 0 Å². The van der Waals surface area contributed by atoms with Crippen LogP contribution in [-0.4, -0.2) is 11.5 Å². The molecule has 106 valence electrons. The Bertz CT molecular complexity index is 573. The highest BCUT2D eigenvalue weighted by molar-refractivity contribution is 6.30. The maximum absolute atomic E-state index is 13.7. The van der Waals surface area contributed by atoms with E-state index in [9.17, 15) is 8.78 Å². The first-order valence-corrected chi connectivity index (χ1v) is 6.76. The van der Waals surface area contributed by atoms with Crippen molar-refractivity contribution in [3.8, 4) is 0 Å². The Morgan fingerprint density at radius 1 is 1.25 bits per heavy atom. The monoisotopic (exact) mass is 296 g/mol. The van der Waals surface area contributed by atoms with Crippen LogP contribution in [-0.2, 0) is 6.42 Å². The van der Waals surface area contributed by atoms with Gasteiger partial charge in [-0.1, -0.05) is 24.6 Å². The third-order valence-electron chi connectivity index (χ3n) is 3.00. The Kier molecular flexibility index (Phi) is 5.04. The number of nitrogens with one attached hydrogen (secondary N) is 1. The Labute approximate surface area is 121 Å². The molecular formula is C15H15ClF2N2. The van der Waals surface area contributed by atoms with Crippen molar-refractivity contribution in [3.63, 3.8) is 0 Å². The predicted molar refractivity (Wildman–Crippen MR) is 75.7 cm³/mol. The van der Waals surface area contributed by atoms with Crippen LogP contribution in [0.25, 0.3) is 0 Å². The first kappa shape index (κ1) is 14.9. The molecule has 1 aromatic carbocycles. The van der Waals surface area contributed by atoms with Crippen LogP contribution in [0.15, 0.2) is 36.5 Å². The van der Waals surface area contributed by atoms with E-state index in [-0.39, 0.29) is 6.04 Å². The summed E-state index contributed by atoms with van der Waals surface area (Å²) in [5.74, 6) is -1.11. The minimum absolute atomic E-state index is 0.141. The fraction of sp³-hybridized carbons (Fsp3) is 0.267. The predicted octanol–water partition coefficient (Wildman–Crippen LogP) is 3.91. The molecule has 0 aliphatic rings. The van der Waals surface area contributed by atoms with Crippen molar-refractivity contribution in [2.75, 3.05) is 6.54 Å². The van der Waals surface area contributed by atoms with Crippen molar-refractivity contribution in [1.82, 2.24) is 10.3 Å². The van der Waals surface area contributed by atoms with Gasteiger partial charge in [-0.2, -0.15) is 0 Å². The van der Waals surface area contributed by atoms with Crippen molar-refractivity contribution < 1.29 is 8.78 Å². The number of halogens is 3. The zero-order valence-electron chi connectivity index (χ0n) is 11.0. The third kappa shape index (κ3) is 3.74. The van der Waals surface area contributed by atoms with E-state index in [1.54, 1.807) is 18.3 Å². The molecule has 2 aromatic rings. The number of aromatic nitrogens is 1. The first-order chi connectivity index (χ1) is 9.60. The molecular weight excluding hydrogens is 282 g/mol. The van der Waals surface area contributed by atoms with Crippen molar-refractivity contribution >= 4 is 11.6 Å². The summed E-state index contributed by atoms with van der Waals surface area (Å²) in [6.45, 7) is 2.68. The average molecular weight is 297 g/mol. The normalized spacial score (nSPS) is 12.4. The van der Waals surface area contributed by atoms with E-state index in [2.05, 4.69) is 10.3 Å². The van der Waals surface area contributed by atoms with Crippen LogP contribution in [0.5, 0.6) is 0 Å². The van der Waals surface area contributed by atoms with Gasteiger partial charge in [-0.15, -0.1) is 0 Å². The van der Waals surface area contributed by atoms with Crippen LogP contribution in [0.2, 0.25) is 5.02 Å². The minimum Gasteiger partial charge on any atom is -0.309 e. The van der Waals surface area contributed by atoms with E-state index >= 15 is 0 Å². The van der Waals surface area contributed by atoms with Gasteiger partial charge in [0.25, 0.3) is 0 Å². The number of hydrogen-bond acceptors (Lipinski definition) is 2. The molecule has 0 saturated heterocycles. The molecule has 0 bridgehead atoms. The second-order valence-electron chi connectivity index (χ2n) is 4.45. The van der Waals surface area contributed by atoms with Crippen molar-refractivity contribution in [2.24, 2.45) is 0 Å². The summed E-state index contributed by atoms with van der Waals surface area (Å²) >= 11 is 5.81. The summed E-state index contributed by atoms with van der Waals surface area (Å²) in [5.41, 5.74) is 1.23. The van der Waals surface area contributed by atoms with Crippen LogP contribution in [0, 0.1) is 11.6 Å². The number of rotatable bonds is 5. The standard InChI is InChI=1S/C15H15ClF2N2/c1-2-19-15(14-6-4-11(16)9-20-14)7-10-3-5-12(17)8-13(10)18/h3-6,8-9,15,19H,2,7H2,1H3. The molecule has 0 spiro atoms. The molecule has 1 aromatic heterocycles. The lowest BCUT2D eigenvalue weighted by atomic mass is 10.0. The van der Waals surface area contributed by atoms with Gasteiger partial charge < -0.3 is 5.32 Å². The number of pyridine rings is 1. The molecule has 0 aliphatic heterocycles. The Hall–Kier alpha value is -1.52. The van der Waals surface area contributed by atoms with Crippen LogP contribution in [0.1, 0.15) is 24.2 Å². The number of likely N-dealkylation sites (N-methyl/N-ethyl adjacent to an activating group) is 1. The van der Waals surface area contributed by atoms with Crippen LogP contribution < -0.4 is 5.32 Å². The van der Waals surface area contributed by atoms with Crippen LogP contribution in [0.3, 0.4) is 0 Å². The first-order valence-electron chi connectivity index (χ1n) is 6.39. The highest BCUT2D eigenvalue weighted by atomic mass is 35.5. The summed E-state index contributed by atoms with van der Waals surface area (Å²) in [5, 5.41) is 3.80. The summed E-state index contributed by atoms with van der Waals surface area (Å²) < 4.78 is 26.6. The van der Waals surface area contributed by atoms with Gasteiger partial charge in [0.05, 0.1) is 16.8 Å². The largest absolute Gasteiger partial charge is 0.309 e. The topological polar surface area (TPSA) is 24.9 Å². The molecule has 0 radical (unpaired) electrons. The summed E-state index contributed by atoms with van der Waals surface area (Å²) in [7, 11) is 0. The molecule has 0 amide bonds. The molecule has 0 aliphatic carbocycles. The number of nitrogens with zero attached hydrogens (tertiary/aromatic N) is 1. The maximum atomic E-state index is 13.7. The molecule has 5 heteroatoms. The zero-order valence-corrected chi connectivity index (χ0v) is 11.8. The van der Waals surface area contributed by atoms with Crippen LogP contribution >= 0.6 is 11.6 Å². The van der Waals surface area contributed by atoms with Crippen LogP contribution in [0.4, 0.5) is 8.78 Å². The maximum Gasteiger partial charge on any atom is 0.129 e. The SMILES string of the molecule is CCNC(Cc1ccc(F)cc1F)c1ccc(Cl)cn1. The molecule has 1 atom stereocenters. The second-order valence-corrected chi connectivity index (χ2v) is 4.89. The van der Waals surface area contributed by atoms with Gasteiger partial charge in [-0.3, -0.25) is 4.98 Å². The molecule has 0 saturated carbocycles. The van der Waals surface area contributed by atoms with Crippen molar-refractivity contribution in [3.05, 3.63) is 64.4 Å². The Morgan fingerprint density at radius 3 is 2.65 bits per heavy atom. The Morgan fingerprint density at radius 2 is 2.05 bits per heavy atom. The van der Waals surface area contributed by atoms with Gasteiger partial charge >= 0.3 is 0 Å². The van der Waals surface area contributed by atoms with Gasteiger partial charge in [0, 0.05) is 12.3 Å². The molecule has 2 nitrogen and oxygen atoms in total. The fourth-order valence-electron chi connectivity index (χ4n) is 2.03. The Balaban J connectivity index is 2.22. The molecule has 1 heterocycles. The highest BCUT2D eigenvalue weighted by Crippen LogP contribution is 2.20. The zero-order chi connectivity index (χ0) is 14.5. The smallest absolute Gasteiger partial charge is 0.129 e.